The number of para-hydroxylation sites is 2. The van der Waals surface area contributed by atoms with Crippen molar-refractivity contribution in [1.82, 2.24) is 24.8 Å². The molecule has 3 amide bonds. The normalized spacial score (nSPS) is 25.6. The Morgan fingerprint density at radius 3 is 2.50 bits per heavy atom. The van der Waals surface area contributed by atoms with Crippen molar-refractivity contribution < 1.29 is 24.2 Å². The van der Waals surface area contributed by atoms with E-state index in [2.05, 4.69) is 23.5 Å². The van der Waals surface area contributed by atoms with E-state index in [0.29, 0.717) is 30.5 Å². The molecule has 2 aromatic carbocycles. The molecule has 1 spiro atoms. The van der Waals surface area contributed by atoms with Gasteiger partial charge in [-0.25, -0.2) is 4.68 Å². The lowest BCUT2D eigenvalue weighted by atomic mass is 9.70. The summed E-state index contributed by atoms with van der Waals surface area (Å²) in [4.78, 5) is 48.8. The number of carbonyl (C=O) groups is 3. The van der Waals surface area contributed by atoms with Gasteiger partial charge in [-0.1, -0.05) is 61.5 Å². The highest BCUT2D eigenvalue weighted by atomic mass is 16.5. The van der Waals surface area contributed by atoms with Gasteiger partial charge in [-0.3, -0.25) is 14.4 Å². The number of benzene rings is 2. The van der Waals surface area contributed by atoms with Gasteiger partial charge in [0, 0.05) is 18.8 Å². The van der Waals surface area contributed by atoms with Crippen molar-refractivity contribution in [2.45, 2.75) is 63.6 Å². The molecule has 1 N–H and O–H groups in total. The molecule has 2 bridgehead atoms. The minimum Gasteiger partial charge on any atom is -0.394 e. The first-order valence-corrected chi connectivity index (χ1v) is 16.0. The molecule has 11 heteroatoms. The van der Waals surface area contributed by atoms with Gasteiger partial charge < -0.3 is 24.5 Å². The third-order valence-corrected chi connectivity index (χ3v) is 9.64. The van der Waals surface area contributed by atoms with Gasteiger partial charge in [0.1, 0.15) is 23.8 Å². The molecular formula is C35H42N6O5. The first-order valence-electron chi connectivity index (χ1n) is 16.0. The number of carbonyl (C=O) groups excluding carboxylic acids is 3. The standard InChI is InChI=1S/C35H42N6O5/c1-5-18-38(22-40-27-15-11-10-14-26(27)36-37-40)34(45)31-35-17-16-28(46-35)29(30(35)33(44)41(31)25(21-42)20-23(3)4)32(43)39(19-6-2)24-12-8-7-9-13-24/h5-15,23,25,28-31,42H,1-2,16-22H2,3-4H3/t25-,28+,29-,30+,31?,35?/m1/s1. The van der Waals surface area contributed by atoms with Gasteiger partial charge in [0.25, 0.3) is 0 Å². The molecule has 0 saturated carbocycles. The smallest absolute Gasteiger partial charge is 0.250 e. The number of aliphatic hydroxyl groups is 1. The minimum atomic E-state index is -1.22. The van der Waals surface area contributed by atoms with E-state index in [1.165, 1.54) is 0 Å². The van der Waals surface area contributed by atoms with Crippen LogP contribution in [0.25, 0.3) is 11.0 Å². The van der Waals surface area contributed by atoms with Crippen LogP contribution in [0, 0.1) is 17.8 Å². The van der Waals surface area contributed by atoms with Crippen molar-refractivity contribution in [3.63, 3.8) is 0 Å². The third kappa shape index (κ3) is 5.21. The number of fused-ring (bicyclic) bond motifs is 2. The Balaban J connectivity index is 1.41. The second kappa shape index (κ2) is 12.8. The highest BCUT2D eigenvalue weighted by Crippen LogP contribution is 2.59. The van der Waals surface area contributed by atoms with Crippen molar-refractivity contribution in [1.29, 1.82) is 0 Å². The number of likely N-dealkylation sites (tertiary alicyclic amines) is 1. The first-order chi connectivity index (χ1) is 22.2. The summed E-state index contributed by atoms with van der Waals surface area (Å²) in [6, 6.07) is 15.1. The number of rotatable bonds is 13. The number of aromatic nitrogens is 3. The van der Waals surface area contributed by atoms with Crippen molar-refractivity contribution in [2.24, 2.45) is 17.8 Å². The number of ether oxygens (including phenoxy) is 1. The van der Waals surface area contributed by atoms with Gasteiger partial charge in [-0.15, -0.1) is 18.3 Å². The van der Waals surface area contributed by atoms with Crippen LogP contribution >= 0.6 is 0 Å². The van der Waals surface area contributed by atoms with Crippen LogP contribution in [-0.2, 0) is 25.8 Å². The average Bonchev–Trinajstić information content (AvgIpc) is 3.81. The Kier molecular flexibility index (Phi) is 8.80. The lowest BCUT2D eigenvalue weighted by molar-refractivity contribution is -0.152. The Morgan fingerprint density at radius 2 is 1.80 bits per heavy atom. The number of anilines is 1. The zero-order chi connectivity index (χ0) is 32.6. The summed E-state index contributed by atoms with van der Waals surface area (Å²) in [5.41, 5.74) is 0.942. The number of aliphatic hydroxyl groups excluding tert-OH is 1. The molecular weight excluding hydrogens is 584 g/mol. The zero-order valence-electron chi connectivity index (χ0n) is 26.4. The maximum Gasteiger partial charge on any atom is 0.250 e. The number of hydrogen-bond acceptors (Lipinski definition) is 7. The molecule has 3 aromatic rings. The van der Waals surface area contributed by atoms with E-state index in [-0.39, 0.29) is 50.0 Å². The van der Waals surface area contributed by atoms with E-state index in [1.807, 2.05) is 68.4 Å². The largest absolute Gasteiger partial charge is 0.394 e. The van der Waals surface area contributed by atoms with Gasteiger partial charge in [-0.05, 0) is 49.4 Å². The van der Waals surface area contributed by atoms with Gasteiger partial charge in [0.2, 0.25) is 17.7 Å². The van der Waals surface area contributed by atoms with Crippen LogP contribution < -0.4 is 4.90 Å². The fraction of sp³-hybridized carbons (Fsp3) is 0.457. The van der Waals surface area contributed by atoms with Crippen molar-refractivity contribution in [3.05, 3.63) is 79.9 Å². The summed E-state index contributed by atoms with van der Waals surface area (Å²) in [5.74, 6) is -2.41. The van der Waals surface area contributed by atoms with Crippen molar-refractivity contribution in [2.75, 3.05) is 24.6 Å². The second-order valence-electron chi connectivity index (χ2n) is 12.9. The van der Waals surface area contributed by atoms with Crippen LogP contribution in [0.2, 0.25) is 0 Å². The Morgan fingerprint density at radius 1 is 1.09 bits per heavy atom. The predicted molar refractivity (Wildman–Crippen MR) is 173 cm³/mol. The number of nitrogens with zero attached hydrogens (tertiary/aromatic N) is 6. The molecule has 46 heavy (non-hydrogen) atoms. The van der Waals surface area contributed by atoms with E-state index < -0.39 is 35.6 Å². The second-order valence-corrected chi connectivity index (χ2v) is 12.9. The molecule has 3 aliphatic rings. The molecule has 3 aliphatic heterocycles. The SMILES string of the molecule is C=CCN(Cn1nnc2ccccc21)C(=O)C1N([C@@H](CO)CC(C)C)C(=O)[C@@H]2[C@H](C(=O)N(CC=C)c3ccccc3)[C@@H]3CCC12O3. The van der Waals surface area contributed by atoms with Crippen LogP contribution in [0.4, 0.5) is 5.69 Å². The lowest BCUT2D eigenvalue weighted by Gasteiger charge is -2.39. The van der Waals surface area contributed by atoms with E-state index in [4.69, 9.17) is 4.74 Å². The highest BCUT2D eigenvalue weighted by Gasteiger charge is 2.75. The molecule has 0 aliphatic carbocycles. The van der Waals surface area contributed by atoms with Crippen LogP contribution in [-0.4, -0.2) is 91.1 Å². The summed E-state index contributed by atoms with van der Waals surface area (Å²) < 4.78 is 8.37. The average molecular weight is 627 g/mol. The highest BCUT2D eigenvalue weighted by molar-refractivity contribution is 6.03. The van der Waals surface area contributed by atoms with Crippen LogP contribution in [0.5, 0.6) is 0 Å². The summed E-state index contributed by atoms with van der Waals surface area (Å²) in [5, 5.41) is 19.2. The van der Waals surface area contributed by atoms with E-state index in [9.17, 15) is 19.5 Å². The summed E-state index contributed by atoms with van der Waals surface area (Å²) in [7, 11) is 0. The molecule has 11 nitrogen and oxygen atoms in total. The van der Waals surface area contributed by atoms with E-state index >= 15 is 0 Å². The van der Waals surface area contributed by atoms with Crippen LogP contribution in [0.15, 0.2) is 79.9 Å². The fourth-order valence-electron chi connectivity index (χ4n) is 7.83. The molecule has 0 radical (unpaired) electrons. The molecule has 6 atom stereocenters. The Bertz CT molecular complexity index is 1620. The molecule has 3 fully saturated rings. The predicted octanol–water partition coefficient (Wildman–Crippen LogP) is 3.40. The maximum absolute atomic E-state index is 14.9. The molecule has 1 aromatic heterocycles. The zero-order valence-corrected chi connectivity index (χ0v) is 26.4. The first kappa shape index (κ1) is 31.6. The molecule has 2 unspecified atom stereocenters. The van der Waals surface area contributed by atoms with E-state index in [0.717, 1.165) is 5.52 Å². The minimum absolute atomic E-state index is 0.0749. The van der Waals surface area contributed by atoms with Crippen molar-refractivity contribution in [3.8, 4) is 0 Å². The van der Waals surface area contributed by atoms with Gasteiger partial charge >= 0.3 is 0 Å². The van der Waals surface area contributed by atoms with E-state index in [1.54, 1.807) is 31.5 Å². The number of hydrogen-bond donors (Lipinski definition) is 1. The lowest BCUT2D eigenvalue weighted by Crippen LogP contribution is -2.59. The monoisotopic (exact) mass is 626 g/mol. The topological polar surface area (TPSA) is 121 Å². The maximum atomic E-state index is 14.9. The van der Waals surface area contributed by atoms with Crippen molar-refractivity contribution >= 4 is 34.4 Å². The van der Waals surface area contributed by atoms with Gasteiger partial charge in [0.15, 0.2) is 0 Å². The Labute approximate surface area is 269 Å². The molecule has 6 rings (SSSR count). The number of amides is 3. The van der Waals surface area contributed by atoms with Gasteiger partial charge in [0.05, 0.1) is 36.1 Å². The molecule has 4 heterocycles. The van der Waals surface area contributed by atoms with Crippen LogP contribution in [0.1, 0.15) is 33.1 Å². The van der Waals surface area contributed by atoms with Crippen LogP contribution in [0.3, 0.4) is 0 Å². The molecule has 3 saturated heterocycles. The summed E-state index contributed by atoms with van der Waals surface area (Å²) in [6.07, 6.45) is 4.26. The third-order valence-electron chi connectivity index (χ3n) is 9.64. The fourth-order valence-corrected chi connectivity index (χ4v) is 7.83. The summed E-state index contributed by atoms with van der Waals surface area (Å²) >= 11 is 0. The quantitative estimate of drug-likeness (QED) is 0.289. The molecule has 242 valence electrons. The summed E-state index contributed by atoms with van der Waals surface area (Å²) in [6.45, 7) is 12.0. The Hall–Kier alpha value is -4.35. The van der Waals surface area contributed by atoms with Gasteiger partial charge in [-0.2, -0.15) is 0 Å².